The fourth-order valence-corrected chi connectivity index (χ4v) is 1.80. The van der Waals surface area contributed by atoms with E-state index in [-0.39, 0.29) is 56.1 Å². The second-order valence-electron chi connectivity index (χ2n) is 7.41. The van der Waals surface area contributed by atoms with Crippen molar-refractivity contribution in [1.82, 2.24) is 0 Å². The molecular weight excluding hydrogens is 506 g/mol. The second-order valence-corrected chi connectivity index (χ2v) is 7.41. The third kappa shape index (κ3) is 10.4. The van der Waals surface area contributed by atoms with Gasteiger partial charge in [-0.15, -0.1) is 0 Å². The Morgan fingerprint density at radius 2 is 1.04 bits per heavy atom. The number of likely N-dealkylation sites (N-methyl/N-ethyl adjacent to an activating group) is 2. The summed E-state index contributed by atoms with van der Waals surface area (Å²) in [6.07, 6.45) is 0. The molecule has 0 heterocycles. The molecule has 0 radical (unpaired) electrons. The molecule has 0 aliphatic heterocycles. The Morgan fingerprint density at radius 1 is 0.750 bits per heavy atom. The minimum Gasteiger partial charge on any atom is -1.00 e. The molecule has 0 bridgehead atoms. The standard InChI is InChI=1S/C18H28F2N2O4.2BrH/c1-21(2,13-19)9-11-25-17(23)15-5-7-16(8-6-15)18(24)26-12-10-22(3,4)14-20;;/h5-8H,9-14H2,1-4H3;2*1H/q+2;;/p-2. The number of ether oxygens (including phenoxy) is 2. The molecule has 0 N–H and O–H groups in total. The lowest BCUT2D eigenvalue weighted by Gasteiger charge is -2.25. The third-order valence-corrected chi connectivity index (χ3v) is 3.86. The topological polar surface area (TPSA) is 52.6 Å². The lowest BCUT2D eigenvalue weighted by molar-refractivity contribution is -0.902. The number of hydrogen-bond acceptors (Lipinski definition) is 4. The van der Waals surface area contributed by atoms with Crippen LogP contribution in [-0.4, -0.2) is 89.0 Å². The lowest BCUT2D eigenvalue weighted by Crippen LogP contribution is -3.00. The van der Waals surface area contributed by atoms with Gasteiger partial charge in [0.1, 0.15) is 26.3 Å². The molecule has 0 unspecified atom stereocenters. The van der Waals surface area contributed by atoms with Gasteiger partial charge in [-0.2, -0.15) is 8.78 Å². The van der Waals surface area contributed by atoms with Crippen molar-refractivity contribution >= 4 is 11.9 Å². The van der Waals surface area contributed by atoms with E-state index in [1.165, 1.54) is 24.3 Å². The first-order valence-electron chi connectivity index (χ1n) is 8.30. The Bertz CT molecular complexity index is 561. The van der Waals surface area contributed by atoms with Gasteiger partial charge in [0.15, 0.2) is 0 Å². The van der Waals surface area contributed by atoms with Crippen molar-refractivity contribution in [3.05, 3.63) is 35.4 Å². The molecule has 1 aromatic carbocycles. The van der Waals surface area contributed by atoms with E-state index in [1.807, 2.05) is 0 Å². The molecule has 1 rings (SSSR count). The SMILES string of the molecule is C[N+](C)(CF)CCOC(=O)c1ccc(C(=O)OCC[N+](C)(C)CF)cc1.[Br-].[Br-]. The molecule has 1 aromatic rings. The highest BCUT2D eigenvalue weighted by atomic mass is 79.9. The Kier molecular flexibility index (Phi) is 13.7. The Morgan fingerprint density at radius 3 is 1.29 bits per heavy atom. The van der Waals surface area contributed by atoms with Crippen LogP contribution in [0.15, 0.2) is 24.3 Å². The molecule has 0 aliphatic carbocycles. The summed E-state index contributed by atoms with van der Waals surface area (Å²) in [6, 6.07) is 5.87. The van der Waals surface area contributed by atoms with Crippen LogP contribution in [0.25, 0.3) is 0 Å². The number of benzene rings is 1. The first-order valence-corrected chi connectivity index (χ1v) is 8.30. The number of quaternary nitrogens is 2. The van der Waals surface area contributed by atoms with Crippen LogP contribution in [0.4, 0.5) is 8.78 Å². The van der Waals surface area contributed by atoms with Gasteiger partial charge in [-0.1, -0.05) is 0 Å². The number of carbonyl (C=O) groups excluding carboxylic acids is 2. The number of hydrogen-bond donors (Lipinski definition) is 0. The van der Waals surface area contributed by atoms with Crippen molar-refractivity contribution in [2.24, 2.45) is 0 Å². The van der Waals surface area contributed by atoms with Gasteiger partial charge in [0.05, 0.1) is 39.3 Å². The fourth-order valence-electron chi connectivity index (χ4n) is 1.80. The van der Waals surface area contributed by atoms with Gasteiger partial charge in [-0.25, -0.2) is 9.59 Å². The van der Waals surface area contributed by atoms with Crippen molar-refractivity contribution in [3.8, 4) is 0 Å². The predicted molar refractivity (Wildman–Crippen MR) is 92.9 cm³/mol. The van der Waals surface area contributed by atoms with Crippen LogP contribution >= 0.6 is 0 Å². The summed E-state index contributed by atoms with van der Waals surface area (Å²) < 4.78 is 35.8. The van der Waals surface area contributed by atoms with Gasteiger partial charge in [0, 0.05) is 0 Å². The number of nitrogens with zero attached hydrogens (tertiary/aromatic N) is 2. The molecule has 162 valence electrons. The maximum atomic E-state index is 12.7. The zero-order valence-corrected chi connectivity index (χ0v) is 19.8. The second kappa shape index (κ2) is 13.2. The monoisotopic (exact) mass is 532 g/mol. The molecule has 0 atom stereocenters. The molecule has 0 aromatic heterocycles. The van der Waals surface area contributed by atoms with Crippen LogP contribution in [0, 0.1) is 0 Å². The van der Waals surface area contributed by atoms with Gasteiger partial charge in [0.2, 0.25) is 13.6 Å². The van der Waals surface area contributed by atoms with E-state index in [9.17, 15) is 18.4 Å². The lowest BCUT2D eigenvalue weighted by atomic mass is 10.1. The highest BCUT2D eigenvalue weighted by molar-refractivity contribution is 5.93. The van der Waals surface area contributed by atoms with Crippen LogP contribution in [0.5, 0.6) is 0 Å². The van der Waals surface area contributed by atoms with Gasteiger partial charge in [-0.3, -0.25) is 8.97 Å². The molecule has 0 aliphatic rings. The smallest absolute Gasteiger partial charge is 0.338 e. The number of rotatable bonds is 10. The first kappa shape index (κ1) is 29.1. The largest absolute Gasteiger partial charge is 1.00 e. The van der Waals surface area contributed by atoms with E-state index in [0.717, 1.165) is 0 Å². The maximum absolute atomic E-state index is 12.7. The minimum absolute atomic E-state index is 0. The van der Waals surface area contributed by atoms with Crippen molar-refractivity contribution < 1.29 is 70.8 Å². The quantitative estimate of drug-likeness (QED) is 0.175. The fraction of sp³-hybridized carbons (Fsp3) is 0.556. The number of carbonyl (C=O) groups is 2. The highest BCUT2D eigenvalue weighted by Gasteiger charge is 2.17. The molecular formula is C18H28Br2F2N2O4. The molecule has 0 amide bonds. The number of halogens is 4. The molecule has 0 saturated carbocycles. The molecule has 6 nitrogen and oxygen atoms in total. The van der Waals surface area contributed by atoms with Crippen LogP contribution in [0.3, 0.4) is 0 Å². The summed E-state index contributed by atoms with van der Waals surface area (Å²) in [6.45, 7) is -0.170. The van der Waals surface area contributed by atoms with E-state index >= 15 is 0 Å². The number of esters is 2. The van der Waals surface area contributed by atoms with Crippen LogP contribution in [0.1, 0.15) is 20.7 Å². The molecule has 28 heavy (non-hydrogen) atoms. The van der Waals surface area contributed by atoms with Gasteiger partial charge in [-0.05, 0) is 24.3 Å². The van der Waals surface area contributed by atoms with Crippen molar-refractivity contribution in [3.63, 3.8) is 0 Å². The van der Waals surface area contributed by atoms with Crippen molar-refractivity contribution in [2.75, 3.05) is 68.1 Å². The van der Waals surface area contributed by atoms with E-state index in [1.54, 1.807) is 28.2 Å². The summed E-state index contributed by atoms with van der Waals surface area (Å²) >= 11 is 0. The van der Waals surface area contributed by atoms with Crippen LogP contribution in [0.2, 0.25) is 0 Å². The summed E-state index contributed by atoms with van der Waals surface area (Å²) in [4.78, 5) is 23.9. The zero-order valence-electron chi connectivity index (χ0n) is 16.6. The van der Waals surface area contributed by atoms with Crippen molar-refractivity contribution in [2.45, 2.75) is 0 Å². The summed E-state index contributed by atoms with van der Waals surface area (Å²) in [5.41, 5.74) is 0.588. The van der Waals surface area contributed by atoms with E-state index in [2.05, 4.69) is 0 Å². The van der Waals surface area contributed by atoms with Gasteiger partial charge in [0.25, 0.3) is 0 Å². The summed E-state index contributed by atoms with van der Waals surface area (Å²) in [7, 11) is 6.79. The maximum Gasteiger partial charge on any atom is 0.338 e. The molecule has 10 heteroatoms. The minimum atomic E-state index is -0.546. The van der Waals surface area contributed by atoms with Gasteiger partial charge >= 0.3 is 11.9 Å². The number of alkyl halides is 2. The Hall–Kier alpha value is -1.10. The predicted octanol–water partition coefficient (Wildman–Crippen LogP) is -3.98. The van der Waals surface area contributed by atoms with E-state index in [0.29, 0.717) is 24.2 Å². The van der Waals surface area contributed by atoms with Crippen LogP contribution < -0.4 is 34.0 Å². The van der Waals surface area contributed by atoms with Crippen LogP contribution in [-0.2, 0) is 9.47 Å². The van der Waals surface area contributed by atoms with E-state index in [4.69, 9.17) is 9.47 Å². The average Bonchev–Trinajstić information content (AvgIpc) is 2.61. The normalized spacial score (nSPS) is 11.1. The summed E-state index contributed by atoms with van der Waals surface area (Å²) in [5.74, 6) is -1.07. The molecule has 0 saturated heterocycles. The van der Waals surface area contributed by atoms with E-state index < -0.39 is 25.5 Å². The highest BCUT2D eigenvalue weighted by Crippen LogP contribution is 2.08. The molecule has 0 fully saturated rings. The Balaban J connectivity index is 0. The van der Waals surface area contributed by atoms with Gasteiger partial charge < -0.3 is 43.4 Å². The first-order chi connectivity index (χ1) is 12.1. The molecule has 0 spiro atoms. The summed E-state index contributed by atoms with van der Waals surface area (Å²) in [5, 5.41) is 0. The average molecular weight is 534 g/mol. The van der Waals surface area contributed by atoms with Crippen molar-refractivity contribution in [1.29, 1.82) is 0 Å². The zero-order chi connectivity index (χ0) is 19.8. The Labute approximate surface area is 186 Å². The third-order valence-electron chi connectivity index (χ3n) is 3.86.